The zero-order valence-corrected chi connectivity index (χ0v) is 12.1. The number of rotatable bonds is 4. The highest BCUT2D eigenvalue weighted by molar-refractivity contribution is 9.10. The molecule has 2 aromatic rings. The molecule has 4 nitrogen and oxygen atoms in total. The summed E-state index contributed by atoms with van der Waals surface area (Å²) in [6.07, 6.45) is 3.68. The summed E-state index contributed by atoms with van der Waals surface area (Å²) in [5.41, 5.74) is 1.66. The molecule has 2 heterocycles. The quantitative estimate of drug-likeness (QED) is 0.810. The SMILES string of the molecule is CCOC(=O)Cc1csc(-c2cncc(Br)c2)n1. The van der Waals surface area contributed by atoms with Gasteiger partial charge in [-0.3, -0.25) is 9.78 Å². The van der Waals surface area contributed by atoms with Crippen LogP contribution in [0.2, 0.25) is 0 Å². The highest BCUT2D eigenvalue weighted by Gasteiger charge is 2.09. The standard InChI is InChI=1S/C12H11BrN2O2S/c1-2-17-11(16)4-10-7-18-12(15-10)8-3-9(13)6-14-5-8/h3,5-7H,2,4H2,1H3. The van der Waals surface area contributed by atoms with Crippen molar-refractivity contribution >= 4 is 33.2 Å². The average Bonchev–Trinajstić information content (AvgIpc) is 2.78. The summed E-state index contributed by atoms with van der Waals surface area (Å²) in [5, 5.41) is 2.72. The lowest BCUT2D eigenvalue weighted by atomic mass is 10.3. The van der Waals surface area contributed by atoms with E-state index in [2.05, 4.69) is 25.9 Å². The van der Waals surface area contributed by atoms with Gasteiger partial charge in [-0.15, -0.1) is 11.3 Å². The Hall–Kier alpha value is -1.27. The minimum atomic E-state index is -0.248. The van der Waals surface area contributed by atoms with Gasteiger partial charge in [-0.25, -0.2) is 4.98 Å². The molecular formula is C12H11BrN2O2S. The average molecular weight is 327 g/mol. The lowest BCUT2D eigenvalue weighted by molar-refractivity contribution is -0.142. The Kier molecular flexibility index (Phi) is 4.43. The lowest BCUT2D eigenvalue weighted by Crippen LogP contribution is -2.07. The topological polar surface area (TPSA) is 52.1 Å². The number of aromatic nitrogens is 2. The van der Waals surface area contributed by atoms with Crippen LogP contribution in [-0.4, -0.2) is 22.5 Å². The van der Waals surface area contributed by atoms with Crippen molar-refractivity contribution in [3.05, 3.63) is 34.0 Å². The Balaban J connectivity index is 2.13. The minimum Gasteiger partial charge on any atom is -0.466 e. The molecule has 0 aromatic carbocycles. The molecule has 0 saturated carbocycles. The lowest BCUT2D eigenvalue weighted by Gasteiger charge is -1.98. The Bertz CT molecular complexity index is 557. The highest BCUT2D eigenvalue weighted by atomic mass is 79.9. The van der Waals surface area contributed by atoms with Crippen LogP contribution in [-0.2, 0) is 16.0 Å². The Morgan fingerprint density at radius 3 is 3.06 bits per heavy atom. The summed E-state index contributed by atoms with van der Waals surface area (Å²) in [6.45, 7) is 2.18. The number of esters is 1. The smallest absolute Gasteiger partial charge is 0.311 e. The maximum atomic E-state index is 11.3. The summed E-state index contributed by atoms with van der Waals surface area (Å²) in [4.78, 5) is 19.8. The van der Waals surface area contributed by atoms with Crippen LogP contribution in [0.25, 0.3) is 10.6 Å². The second-order valence-corrected chi connectivity index (χ2v) is 5.29. The fourth-order valence-corrected chi connectivity index (χ4v) is 2.58. The monoisotopic (exact) mass is 326 g/mol. The van der Waals surface area contributed by atoms with Gasteiger partial charge in [0.2, 0.25) is 0 Å². The Labute approximate surface area is 117 Å². The van der Waals surface area contributed by atoms with Gasteiger partial charge in [0.05, 0.1) is 18.7 Å². The zero-order chi connectivity index (χ0) is 13.0. The number of halogens is 1. The molecule has 0 fully saturated rings. The van der Waals surface area contributed by atoms with E-state index in [1.54, 1.807) is 19.3 Å². The van der Waals surface area contributed by atoms with E-state index in [0.29, 0.717) is 6.61 Å². The van der Waals surface area contributed by atoms with Gasteiger partial charge in [-0.1, -0.05) is 0 Å². The van der Waals surface area contributed by atoms with Crippen LogP contribution in [0.3, 0.4) is 0 Å². The van der Waals surface area contributed by atoms with Gasteiger partial charge in [-0.05, 0) is 28.9 Å². The molecule has 0 aliphatic carbocycles. The number of carbonyl (C=O) groups excluding carboxylic acids is 1. The normalized spacial score (nSPS) is 10.3. The van der Waals surface area contributed by atoms with Crippen LogP contribution < -0.4 is 0 Å². The van der Waals surface area contributed by atoms with Crippen molar-refractivity contribution in [1.82, 2.24) is 9.97 Å². The van der Waals surface area contributed by atoms with Crippen LogP contribution in [0.15, 0.2) is 28.3 Å². The summed E-state index contributed by atoms with van der Waals surface area (Å²) >= 11 is 4.86. The molecule has 0 atom stereocenters. The fraction of sp³-hybridized carbons (Fsp3) is 0.250. The molecule has 0 aliphatic rings. The zero-order valence-electron chi connectivity index (χ0n) is 9.72. The third-order valence-corrected chi connectivity index (χ3v) is 3.51. The van der Waals surface area contributed by atoms with E-state index in [0.717, 1.165) is 20.7 Å². The van der Waals surface area contributed by atoms with Crippen molar-refractivity contribution < 1.29 is 9.53 Å². The first-order chi connectivity index (χ1) is 8.69. The molecule has 0 radical (unpaired) electrons. The fourth-order valence-electron chi connectivity index (χ4n) is 1.41. The van der Waals surface area contributed by atoms with Crippen LogP contribution in [0.5, 0.6) is 0 Å². The van der Waals surface area contributed by atoms with Crippen molar-refractivity contribution in [2.45, 2.75) is 13.3 Å². The van der Waals surface area contributed by atoms with Crippen LogP contribution in [0.1, 0.15) is 12.6 Å². The maximum absolute atomic E-state index is 11.3. The first kappa shape index (κ1) is 13.2. The molecule has 0 bridgehead atoms. The predicted molar refractivity (Wildman–Crippen MR) is 73.4 cm³/mol. The molecule has 0 N–H and O–H groups in total. The second-order valence-electron chi connectivity index (χ2n) is 3.52. The van der Waals surface area contributed by atoms with Gasteiger partial charge in [0.1, 0.15) is 5.01 Å². The van der Waals surface area contributed by atoms with Crippen LogP contribution in [0.4, 0.5) is 0 Å². The maximum Gasteiger partial charge on any atom is 0.311 e. The van der Waals surface area contributed by atoms with Crippen molar-refractivity contribution in [1.29, 1.82) is 0 Å². The third-order valence-electron chi connectivity index (χ3n) is 2.13. The van der Waals surface area contributed by atoms with E-state index in [1.807, 2.05) is 11.4 Å². The molecule has 6 heteroatoms. The number of carbonyl (C=O) groups is 1. The second kappa shape index (κ2) is 6.06. The van der Waals surface area contributed by atoms with E-state index in [1.165, 1.54) is 11.3 Å². The number of hydrogen-bond acceptors (Lipinski definition) is 5. The molecular weight excluding hydrogens is 316 g/mol. The Morgan fingerprint density at radius 2 is 2.33 bits per heavy atom. The molecule has 18 heavy (non-hydrogen) atoms. The molecule has 94 valence electrons. The predicted octanol–water partition coefficient (Wildman–Crippen LogP) is 3.07. The number of thiazole rings is 1. The van der Waals surface area contributed by atoms with Gasteiger partial charge in [-0.2, -0.15) is 0 Å². The molecule has 0 spiro atoms. The van der Waals surface area contributed by atoms with Crippen LogP contribution >= 0.6 is 27.3 Å². The Morgan fingerprint density at radius 1 is 1.50 bits per heavy atom. The van der Waals surface area contributed by atoms with E-state index in [4.69, 9.17) is 4.74 Å². The molecule has 2 aromatic heterocycles. The van der Waals surface area contributed by atoms with Crippen molar-refractivity contribution in [3.63, 3.8) is 0 Å². The van der Waals surface area contributed by atoms with Gasteiger partial charge >= 0.3 is 5.97 Å². The van der Waals surface area contributed by atoms with Crippen molar-refractivity contribution in [2.75, 3.05) is 6.61 Å². The van der Waals surface area contributed by atoms with Crippen LogP contribution in [0, 0.1) is 0 Å². The molecule has 2 rings (SSSR count). The summed E-state index contributed by atoms with van der Waals surface area (Å²) in [7, 11) is 0. The largest absolute Gasteiger partial charge is 0.466 e. The number of pyridine rings is 1. The number of nitrogens with zero attached hydrogens (tertiary/aromatic N) is 2. The first-order valence-electron chi connectivity index (χ1n) is 5.40. The number of ether oxygens (including phenoxy) is 1. The molecule has 0 aliphatic heterocycles. The third kappa shape index (κ3) is 3.36. The van der Waals surface area contributed by atoms with Gasteiger partial charge in [0.15, 0.2) is 0 Å². The number of hydrogen-bond donors (Lipinski definition) is 0. The highest BCUT2D eigenvalue weighted by Crippen LogP contribution is 2.25. The van der Waals surface area contributed by atoms with Gasteiger partial charge in [0, 0.05) is 27.8 Å². The van der Waals surface area contributed by atoms with Crippen molar-refractivity contribution in [3.8, 4) is 10.6 Å². The van der Waals surface area contributed by atoms with Crippen molar-refractivity contribution in [2.24, 2.45) is 0 Å². The molecule has 0 unspecified atom stereocenters. The van der Waals surface area contributed by atoms with E-state index in [9.17, 15) is 4.79 Å². The minimum absolute atomic E-state index is 0.214. The summed E-state index contributed by atoms with van der Waals surface area (Å²) < 4.78 is 5.79. The van der Waals surface area contributed by atoms with Gasteiger partial charge < -0.3 is 4.74 Å². The van der Waals surface area contributed by atoms with E-state index >= 15 is 0 Å². The van der Waals surface area contributed by atoms with E-state index in [-0.39, 0.29) is 12.4 Å². The van der Waals surface area contributed by atoms with E-state index < -0.39 is 0 Å². The summed E-state index contributed by atoms with van der Waals surface area (Å²) in [5.74, 6) is -0.248. The molecule has 0 saturated heterocycles. The first-order valence-corrected chi connectivity index (χ1v) is 7.07. The summed E-state index contributed by atoms with van der Waals surface area (Å²) in [6, 6.07) is 1.94. The van der Waals surface area contributed by atoms with Gasteiger partial charge in [0.25, 0.3) is 0 Å². The molecule has 0 amide bonds.